The zero-order valence-electron chi connectivity index (χ0n) is 10.5. The van der Waals surface area contributed by atoms with Crippen LogP contribution in [0.5, 0.6) is 0 Å². The van der Waals surface area contributed by atoms with Gasteiger partial charge in [-0.15, -0.1) is 0 Å². The third kappa shape index (κ3) is 2.60. The highest BCUT2D eigenvalue weighted by atomic mass is 16.4. The van der Waals surface area contributed by atoms with Crippen molar-refractivity contribution >= 4 is 28.7 Å². The lowest BCUT2D eigenvalue weighted by molar-refractivity contribution is 0.0698. The molecule has 98 valence electrons. The summed E-state index contributed by atoms with van der Waals surface area (Å²) in [6, 6.07) is 10.1. The van der Waals surface area contributed by atoms with Crippen LogP contribution in [0, 0.1) is 6.92 Å². The summed E-state index contributed by atoms with van der Waals surface area (Å²) in [5, 5.41) is 12.2. The molecule has 5 heteroatoms. The SMILES string of the molecule is Cc1cccc(C(=O)O)c1Nc1ccc(N)cc1N. The standard InChI is InChI=1S/C14H15N3O2/c1-8-3-2-4-10(14(18)19)13(8)17-12-6-5-9(15)7-11(12)16/h2-7,17H,15-16H2,1H3,(H,18,19). The fourth-order valence-electron chi connectivity index (χ4n) is 1.84. The van der Waals surface area contributed by atoms with Crippen molar-refractivity contribution in [2.45, 2.75) is 6.92 Å². The van der Waals surface area contributed by atoms with Crippen molar-refractivity contribution in [1.29, 1.82) is 0 Å². The number of rotatable bonds is 3. The summed E-state index contributed by atoms with van der Waals surface area (Å²) in [4.78, 5) is 11.2. The van der Waals surface area contributed by atoms with Gasteiger partial charge in [-0.05, 0) is 36.8 Å². The van der Waals surface area contributed by atoms with Crippen LogP contribution in [0.15, 0.2) is 36.4 Å². The number of carbonyl (C=O) groups is 1. The summed E-state index contributed by atoms with van der Waals surface area (Å²) in [6.45, 7) is 1.84. The Morgan fingerprint density at radius 3 is 2.58 bits per heavy atom. The van der Waals surface area contributed by atoms with E-state index in [0.29, 0.717) is 22.7 Å². The minimum Gasteiger partial charge on any atom is -0.478 e. The molecule has 0 fully saturated rings. The van der Waals surface area contributed by atoms with Crippen LogP contribution in [0.3, 0.4) is 0 Å². The van der Waals surface area contributed by atoms with E-state index in [9.17, 15) is 9.90 Å². The number of nitrogens with one attached hydrogen (secondary N) is 1. The maximum Gasteiger partial charge on any atom is 0.337 e. The average molecular weight is 257 g/mol. The predicted octanol–water partition coefficient (Wildman–Crippen LogP) is 2.60. The number of anilines is 4. The molecule has 0 atom stereocenters. The van der Waals surface area contributed by atoms with Gasteiger partial charge in [0.05, 0.1) is 22.6 Å². The first-order valence-corrected chi connectivity index (χ1v) is 5.74. The number of aryl methyl sites for hydroxylation is 1. The van der Waals surface area contributed by atoms with Crippen molar-refractivity contribution in [3.63, 3.8) is 0 Å². The van der Waals surface area contributed by atoms with Crippen LogP contribution in [0.1, 0.15) is 15.9 Å². The molecule has 0 saturated carbocycles. The molecule has 0 unspecified atom stereocenters. The van der Waals surface area contributed by atoms with Crippen molar-refractivity contribution in [2.75, 3.05) is 16.8 Å². The van der Waals surface area contributed by atoms with E-state index in [1.54, 1.807) is 30.3 Å². The zero-order chi connectivity index (χ0) is 14.0. The van der Waals surface area contributed by atoms with Crippen LogP contribution in [0.4, 0.5) is 22.7 Å². The third-order valence-corrected chi connectivity index (χ3v) is 2.84. The average Bonchev–Trinajstić information content (AvgIpc) is 2.34. The molecule has 0 radical (unpaired) electrons. The molecule has 0 saturated heterocycles. The molecule has 6 N–H and O–H groups in total. The monoisotopic (exact) mass is 257 g/mol. The van der Waals surface area contributed by atoms with Crippen molar-refractivity contribution in [3.05, 3.63) is 47.5 Å². The van der Waals surface area contributed by atoms with Gasteiger partial charge in [-0.1, -0.05) is 12.1 Å². The van der Waals surface area contributed by atoms with E-state index in [1.807, 2.05) is 13.0 Å². The topological polar surface area (TPSA) is 101 Å². The Hall–Kier alpha value is -2.69. The number of hydrogen-bond donors (Lipinski definition) is 4. The first kappa shape index (κ1) is 12.8. The van der Waals surface area contributed by atoms with Crippen LogP contribution < -0.4 is 16.8 Å². The van der Waals surface area contributed by atoms with E-state index >= 15 is 0 Å². The molecule has 0 aliphatic rings. The summed E-state index contributed by atoms with van der Waals surface area (Å²) in [6.07, 6.45) is 0. The fraction of sp³-hybridized carbons (Fsp3) is 0.0714. The number of carboxylic acid groups (broad SMARTS) is 1. The number of nitrogen functional groups attached to an aromatic ring is 2. The van der Waals surface area contributed by atoms with Gasteiger partial charge in [-0.2, -0.15) is 0 Å². The van der Waals surface area contributed by atoms with Crippen LogP contribution in [0.25, 0.3) is 0 Å². The summed E-state index contributed by atoms with van der Waals surface area (Å²) >= 11 is 0. The largest absolute Gasteiger partial charge is 0.478 e. The van der Waals surface area contributed by atoms with Crippen molar-refractivity contribution in [2.24, 2.45) is 0 Å². The molecule has 0 aliphatic heterocycles. The molecule has 2 aromatic rings. The fourth-order valence-corrected chi connectivity index (χ4v) is 1.84. The van der Waals surface area contributed by atoms with E-state index in [1.165, 1.54) is 0 Å². The number of nitrogens with two attached hydrogens (primary N) is 2. The Balaban J connectivity index is 2.46. The van der Waals surface area contributed by atoms with Crippen LogP contribution >= 0.6 is 0 Å². The van der Waals surface area contributed by atoms with Gasteiger partial charge in [-0.25, -0.2) is 4.79 Å². The Morgan fingerprint density at radius 1 is 1.21 bits per heavy atom. The molecule has 0 heterocycles. The lowest BCUT2D eigenvalue weighted by Gasteiger charge is -2.14. The van der Waals surface area contributed by atoms with E-state index < -0.39 is 5.97 Å². The predicted molar refractivity (Wildman–Crippen MR) is 76.7 cm³/mol. The van der Waals surface area contributed by atoms with E-state index in [2.05, 4.69) is 5.32 Å². The lowest BCUT2D eigenvalue weighted by atomic mass is 10.1. The first-order chi connectivity index (χ1) is 8.99. The second-order valence-corrected chi connectivity index (χ2v) is 4.27. The minimum absolute atomic E-state index is 0.205. The van der Waals surface area contributed by atoms with Crippen molar-refractivity contribution in [1.82, 2.24) is 0 Å². The maximum absolute atomic E-state index is 11.2. The number of carboxylic acids is 1. The van der Waals surface area contributed by atoms with E-state index in [4.69, 9.17) is 11.5 Å². The maximum atomic E-state index is 11.2. The van der Waals surface area contributed by atoms with Gasteiger partial charge < -0.3 is 21.9 Å². The highest BCUT2D eigenvalue weighted by molar-refractivity contribution is 5.96. The zero-order valence-corrected chi connectivity index (χ0v) is 10.5. The van der Waals surface area contributed by atoms with Gasteiger partial charge in [0.1, 0.15) is 0 Å². The smallest absolute Gasteiger partial charge is 0.337 e. The molecule has 0 bridgehead atoms. The van der Waals surface area contributed by atoms with Gasteiger partial charge in [0, 0.05) is 5.69 Å². The van der Waals surface area contributed by atoms with Crippen molar-refractivity contribution in [3.8, 4) is 0 Å². The highest BCUT2D eigenvalue weighted by Crippen LogP contribution is 2.29. The lowest BCUT2D eigenvalue weighted by Crippen LogP contribution is -2.06. The second kappa shape index (κ2) is 4.89. The Kier molecular flexibility index (Phi) is 3.29. The number of aromatic carboxylic acids is 1. The van der Waals surface area contributed by atoms with Crippen LogP contribution in [0.2, 0.25) is 0 Å². The molecule has 0 amide bonds. The van der Waals surface area contributed by atoms with Gasteiger partial charge in [0.2, 0.25) is 0 Å². The highest BCUT2D eigenvalue weighted by Gasteiger charge is 2.13. The van der Waals surface area contributed by atoms with Gasteiger partial charge in [0.25, 0.3) is 0 Å². The molecule has 2 aromatic carbocycles. The molecule has 0 aromatic heterocycles. The molecule has 2 rings (SSSR count). The Morgan fingerprint density at radius 2 is 1.95 bits per heavy atom. The normalized spacial score (nSPS) is 10.2. The molecular weight excluding hydrogens is 242 g/mol. The van der Waals surface area contributed by atoms with E-state index in [0.717, 1.165) is 5.56 Å². The van der Waals surface area contributed by atoms with Gasteiger partial charge in [-0.3, -0.25) is 0 Å². The molecule has 0 spiro atoms. The molecule has 19 heavy (non-hydrogen) atoms. The third-order valence-electron chi connectivity index (χ3n) is 2.84. The summed E-state index contributed by atoms with van der Waals surface area (Å²) in [5.41, 5.74) is 14.7. The number of para-hydroxylation sites is 1. The molecule has 0 aliphatic carbocycles. The quantitative estimate of drug-likeness (QED) is 0.633. The summed E-state index contributed by atoms with van der Waals surface area (Å²) in [5.74, 6) is -0.986. The Labute approximate surface area is 110 Å². The molecular formula is C14H15N3O2. The summed E-state index contributed by atoms with van der Waals surface area (Å²) < 4.78 is 0. The van der Waals surface area contributed by atoms with Crippen LogP contribution in [-0.2, 0) is 0 Å². The van der Waals surface area contributed by atoms with Crippen LogP contribution in [-0.4, -0.2) is 11.1 Å². The van der Waals surface area contributed by atoms with E-state index in [-0.39, 0.29) is 5.56 Å². The minimum atomic E-state index is -0.986. The van der Waals surface area contributed by atoms with Gasteiger partial charge >= 0.3 is 5.97 Å². The van der Waals surface area contributed by atoms with Gasteiger partial charge in [0.15, 0.2) is 0 Å². The number of benzene rings is 2. The molecule has 5 nitrogen and oxygen atoms in total. The Bertz CT molecular complexity index is 639. The first-order valence-electron chi connectivity index (χ1n) is 5.74. The second-order valence-electron chi connectivity index (χ2n) is 4.27. The number of hydrogen-bond acceptors (Lipinski definition) is 4. The van der Waals surface area contributed by atoms with Crippen molar-refractivity contribution < 1.29 is 9.90 Å². The summed E-state index contributed by atoms with van der Waals surface area (Å²) in [7, 11) is 0.